The van der Waals surface area contributed by atoms with Crippen LogP contribution in [0.1, 0.15) is 43.9 Å². The van der Waals surface area contributed by atoms with Crippen molar-refractivity contribution >= 4 is 29.1 Å². The number of ether oxygens (including phenoxy) is 3. The zero-order valence-electron chi connectivity index (χ0n) is 22.0. The molecule has 0 bridgehead atoms. The number of fused-ring (bicyclic) bond motifs is 1. The van der Waals surface area contributed by atoms with Crippen molar-refractivity contribution in [2.75, 3.05) is 38.8 Å². The fraction of sp³-hybridized carbons (Fsp3) is 0.345. The van der Waals surface area contributed by atoms with E-state index in [1.54, 1.807) is 44.8 Å². The van der Waals surface area contributed by atoms with Gasteiger partial charge in [-0.3, -0.25) is 9.36 Å². The molecule has 0 unspecified atom stereocenters. The zero-order valence-corrected chi connectivity index (χ0v) is 22.8. The molecule has 198 valence electrons. The summed E-state index contributed by atoms with van der Waals surface area (Å²) in [6.45, 7) is 5.90. The summed E-state index contributed by atoms with van der Waals surface area (Å²) in [5.41, 5.74) is 3.46. The second-order valence-electron chi connectivity index (χ2n) is 9.20. The van der Waals surface area contributed by atoms with Gasteiger partial charge in [0, 0.05) is 18.8 Å². The maximum atomic E-state index is 13.8. The molecule has 0 N–H and O–H groups in total. The van der Waals surface area contributed by atoms with Crippen molar-refractivity contribution in [1.82, 2.24) is 4.57 Å². The van der Waals surface area contributed by atoms with Crippen molar-refractivity contribution in [3.8, 4) is 11.5 Å². The summed E-state index contributed by atoms with van der Waals surface area (Å²) in [7, 11) is 3.11. The van der Waals surface area contributed by atoms with Gasteiger partial charge in [0.2, 0.25) is 0 Å². The third kappa shape index (κ3) is 4.74. The SMILES string of the molecule is CCOC(=O)C1=C(C)N=c2s/c(=C/c3ccc(N4CCCC4)cc3)c(=O)n2[C@H]1c1ccc(OC)c(OC)c1. The summed E-state index contributed by atoms with van der Waals surface area (Å²) in [4.78, 5) is 34.5. The number of allylic oxidation sites excluding steroid dienone is 1. The lowest BCUT2D eigenvalue weighted by Gasteiger charge is -2.25. The highest BCUT2D eigenvalue weighted by molar-refractivity contribution is 7.07. The zero-order chi connectivity index (χ0) is 26.8. The maximum Gasteiger partial charge on any atom is 0.338 e. The first kappa shape index (κ1) is 25.8. The van der Waals surface area contributed by atoms with Crippen LogP contribution in [0.2, 0.25) is 0 Å². The third-order valence-corrected chi connectivity index (χ3v) is 7.89. The highest BCUT2D eigenvalue weighted by Crippen LogP contribution is 2.36. The molecule has 3 heterocycles. The van der Waals surface area contributed by atoms with E-state index in [2.05, 4.69) is 22.0 Å². The first-order valence-corrected chi connectivity index (χ1v) is 13.5. The van der Waals surface area contributed by atoms with Gasteiger partial charge in [0.25, 0.3) is 5.56 Å². The molecule has 0 saturated carbocycles. The van der Waals surface area contributed by atoms with E-state index in [-0.39, 0.29) is 12.2 Å². The van der Waals surface area contributed by atoms with Gasteiger partial charge >= 0.3 is 5.97 Å². The van der Waals surface area contributed by atoms with Crippen LogP contribution in [0.25, 0.3) is 6.08 Å². The predicted molar refractivity (Wildman–Crippen MR) is 148 cm³/mol. The number of anilines is 1. The van der Waals surface area contributed by atoms with Gasteiger partial charge in [-0.2, -0.15) is 0 Å². The monoisotopic (exact) mass is 533 g/mol. The molecule has 1 saturated heterocycles. The second-order valence-corrected chi connectivity index (χ2v) is 10.2. The van der Waals surface area contributed by atoms with E-state index in [9.17, 15) is 9.59 Å². The van der Waals surface area contributed by atoms with E-state index in [4.69, 9.17) is 14.2 Å². The molecule has 1 atom stereocenters. The lowest BCUT2D eigenvalue weighted by molar-refractivity contribution is -0.139. The van der Waals surface area contributed by atoms with Crippen LogP contribution in [0.3, 0.4) is 0 Å². The number of nitrogens with zero attached hydrogens (tertiary/aromatic N) is 3. The molecule has 2 aromatic carbocycles. The van der Waals surface area contributed by atoms with Crippen molar-refractivity contribution in [2.24, 2.45) is 4.99 Å². The summed E-state index contributed by atoms with van der Waals surface area (Å²) in [5, 5.41) is 0. The molecule has 9 heteroatoms. The number of thiazole rings is 1. The third-order valence-electron chi connectivity index (χ3n) is 6.90. The van der Waals surface area contributed by atoms with Gasteiger partial charge in [0.15, 0.2) is 16.3 Å². The van der Waals surface area contributed by atoms with Gasteiger partial charge in [-0.15, -0.1) is 0 Å². The lowest BCUT2D eigenvalue weighted by atomic mass is 9.95. The average molecular weight is 534 g/mol. The van der Waals surface area contributed by atoms with Gasteiger partial charge in [0.1, 0.15) is 0 Å². The van der Waals surface area contributed by atoms with Gasteiger partial charge in [-0.25, -0.2) is 9.79 Å². The molecule has 2 aliphatic heterocycles. The minimum absolute atomic E-state index is 0.214. The molecule has 0 radical (unpaired) electrons. The molecule has 38 heavy (non-hydrogen) atoms. The number of rotatable bonds is 7. The maximum absolute atomic E-state index is 13.8. The number of carbonyl (C=O) groups excluding carboxylic acids is 1. The van der Waals surface area contributed by atoms with Crippen LogP contribution in [0.5, 0.6) is 11.5 Å². The van der Waals surface area contributed by atoms with Crippen molar-refractivity contribution in [2.45, 2.75) is 32.7 Å². The van der Waals surface area contributed by atoms with Crippen LogP contribution in [0.4, 0.5) is 5.69 Å². The number of aromatic nitrogens is 1. The lowest BCUT2D eigenvalue weighted by Crippen LogP contribution is -2.39. The van der Waals surface area contributed by atoms with E-state index in [1.165, 1.54) is 29.9 Å². The van der Waals surface area contributed by atoms with E-state index < -0.39 is 12.0 Å². The number of hydrogen-bond donors (Lipinski definition) is 0. The molecule has 5 rings (SSSR count). The molecule has 0 amide bonds. The highest BCUT2D eigenvalue weighted by Gasteiger charge is 2.34. The quantitative estimate of drug-likeness (QED) is 0.433. The Balaban J connectivity index is 1.63. The summed E-state index contributed by atoms with van der Waals surface area (Å²) in [6, 6.07) is 12.9. The van der Waals surface area contributed by atoms with E-state index in [1.807, 2.05) is 24.3 Å². The van der Waals surface area contributed by atoms with Gasteiger partial charge < -0.3 is 19.1 Å². The first-order valence-electron chi connectivity index (χ1n) is 12.7. The fourth-order valence-electron chi connectivity index (χ4n) is 5.04. The molecular weight excluding hydrogens is 502 g/mol. The Hall–Kier alpha value is -3.85. The van der Waals surface area contributed by atoms with Crippen molar-refractivity contribution < 1.29 is 19.0 Å². The Kier molecular flexibility index (Phi) is 7.37. The second kappa shape index (κ2) is 10.9. The van der Waals surface area contributed by atoms with Crippen LogP contribution >= 0.6 is 11.3 Å². The number of hydrogen-bond acceptors (Lipinski definition) is 8. The van der Waals surface area contributed by atoms with Gasteiger partial charge in [0.05, 0.1) is 42.7 Å². The summed E-state index contributed by atoms with van der Waals surface area (Å²) in [5.74, 6) is 0.558. The topological polar surface area (TPSA) is 82.4 Å². The smallest absolute Gasteiger partial charge is 0.338 e. The minimum atomic E-state index is -0.718. The molecule has 3 aromatic rings. The number of methoxy groups -OCH3 is 2. The number of esters is 1. The Morgan fingerprint density at radius 1 is 1.08 bits per heavy atom. The molecule has 2 aliphatic rings. The first-order chi connectivity index (χ1) is 18.4. The minimum Gasteiger partial charge on any atom is -0.493 e. The Labute approximate surface area is 225 Å². The fourth-order valence-corrected chi connectivity index (χ4v) is 6.08. The predicted octanol–water partition coefficient (Wildman–Crippen LogP) is 3.42. The molecule has 1 aromatic heterocycles. The Morgan fingerprint density at radius 3 is 2.45 bits per heavy atom. The highest BCUT2D eigenvalue weighted by atomic mass is 32.1. The van der Waals surface area contributed by atoms with Crippen LogP contribution < -0.4 is 29.3 Å². The molecular formula is C29H31N3O5S. The molecule has 1 fully saturated rings. The van der Waals surface area contributed by atoms with E-state index in [0.717, 1.165) is 18.7 Å². The summed E-state index contributed by atoms with van der Waals surface area (Å²) < 4.78 is 18.4. The van der Waals surface area contributed by atoms with Crippen molar-refractivity contribution in [3.63, 3.8) is 0 Å². The van der Waals surface area contributed by atoms with E-state index in [0.29, 0.717) is 37.7 Å². The average Bonchev–Trinajstić information content (AvgIpc) is 3.57. The number of carbonyl (C=O) groups is 1. The van der Waals surface area contributed by atoms with Crippen molar-refractivity contribution in [3.05, 3.63) is 84.5 Å². The van der Waals surface area contributed by atoms with Gasteiger partial charge in [-0.05, 0) is 68.2 Å². The largest absolute Gasteiger partial charge is 0.493 e. The Bertz CT molecular complexity index is 1560. The van der Waals surface area contributed by atoms with Crippen LogP contribution in [-0.4, -0.2) is 44.5 Å². The normalized spacial score (nSPS) is 17.3. The molecule has 0 aliphatic carbocycles. The van der Waals surface area contributed by atoms with Crippen LogP contribution in [0.15, 0.2) is 63.5 Å². The van der Waals surface area contributed by atoms with Crippen LogP contribution in [-0.2, 0) is 9.53 Å². The van der Waals surface area contributed by atoms with Gasteiger partial charge in [-0.1, -0.05) is 29.5 Å². The Morgan fingerprint density at radius 2 is 1.79 bits per heavy atom. The number of benzene rings is 2. The van der Waals surface area contributed by atoms with Crippen LogP contribution in [0, 0.1) is 0 Å². The van der Waals surface area contributed by atoms with E-state index >= 15 is 0 Å². The molecule has 0 spiro atoms. The summed E-state index contributed by atoms with van der Waals surface area (Å²) in [6.07, 6.45) is 4.32. The van der Waals surface area contributed by atoms with Crippen molar-refractivity contribution in [1.29, 1.82) is 0 Å². The standard InChI is InChI=1S/C29H31N3O5S/c1-5-37-28(34)25-18(2)30-29-32(26(25)20-10-13-22(35-3)23(17-20)36-4)27(33)24(38-29)16-19-8-11-21(12-9-19)31-14-6-7-15-31/h8-13,16-17,26H,5-7,14-15H2,1-4H3/b24-16+/t26-/m0/s1. The summed E-state index contributed by atoms with van der Waals surface area (Å²) >= 11 is 1.31. The molecule has 8 nitrogen and oxygen atoms in total.